The summed E-state index contributed by atoms with van der Waals surface area (Å²) in [5, 5.41) is 0. The summed E-state index contributed by atoms with van der Waals surface area (Å²) in [6.07, 6.45) is 9.84. The first-order valence-electron chi connectivity index (χ1n) is 8.19. The summed E-state index contributed by atoms with van der Waals surface area (Å²) in [7, 11) is 0. The Balaban J connectivity index is 1.94. The highest BCUT2D eigenvalue weighted by atomic mass is 32.1. The van der Waals surface area contributed by atoms with Crippen LogP contribution in [0.2, 0.25) is 0 Å². The zero-order valence-corrected chi connectivity index (χ0v) is 13.5. The fourth-order valence-corrected chi connectivity index (χ4v) is 4.24. The molecule has 0 aliphatic heterocycles. The van der Waals surface area contributed by atoms with Crippen molar-refractivity contribution in [3.8, 4) is 0 Å². The van der Waals surface area contributed by atoms with Crippen molar-refractivity contribution in [2.45, 2.75) is 58.3 Å². The Morgan fingerprint density at radius 1 is 1.20 bits per heavy atom. The van der Waals surface area contributed by atoms with Gasteiger partial charge in [-0.3, -0.25) is 4.79 Å². The molecule has 0 bridgehead atoms. The van der Waals surface area contributed by atoms with Crippen LogP contribution in [-0.2, 0) is 4.79 Å². The largest absolute Gasteiger partial charge is 0.392 e. The molecule has 3 atom stereocenters. The van der Waals surface area contributed by atoms with Crippen LogP contribution in [0.1, 0.15) is 58.3 Å². The Kier molecular flexibility index (Phi) is 5.82. The zero-order valence-electron chi connectivity index (χ0n) is 12.6. The van der Waals surface area contributed by atoms with E-state index in [-0.39, 0.29) is 5.92 Å². The lowest BCUT2D eigenvalue weighted by Crippen LogP contribution is -2.43. The zero-order chi connectivity index (χ0) is 14.5. The highest BCUT2D eigenvalue weighted by Crippen LogP contribution is 2.43. The van der Waals surface area contributed by atoms with Crippen molar-refractivity contribution >= 4 is 23.1 Å². The maximum Gasteiger partial charge on any atom is 0.226 e. The number of nitrogens with two attached hydrogens (primary N) is 1. The molecule has 4 heteroatoms. The van der Waals surface area contributed by atoms with Crippen LogP contribution in [0.5, 0.6) is 0 Å². The molecule has 2 aliphatic rings. The summed E-state index contributed by atoms with van der Waals surface area (Å²) < 4.78 is 0. The summed E-state index contributed by atoms with van der Waals surface area (Å²) in [5.41, 5.74) is 5.63. The molecule has 0 radical (unpaired) electrons. The molecule has 20 heavy (non-hydrogen) atoms. The maximum atomic E-state index is 12.7. The van der Waals surface area contributed by atoms with E-state index in [1.54, 1.807) is 0 Å². The van der Waals surface area contributed by atoms with Crippen molar-refractivity contribution in [3.63, 3.8) is 0 Å². The summed E-state index contributed by atoms with van der Waals surface area (Å²) in [5.74, 6) is 2.20. The molecule has 0 aromatic heterocycles. The molecule has 1 amide bonds. The minimum Gasteiger partial charge on any atom is -0.392 e. The number of rotatable bonds is 5. The number of hydrogen-bond acceptors (Lipinski definition) is 2. The number of thiocarbonyl (C=S) groups is 1. The molecule has 114 valence electrons. The van der Waals surface area contributed by atoms with Crippen LogP contribution in [0, 0.1) is 17.8 Å². The third-order valence-electron chi connectivity index (χ3n) is 5.04. The molecular formula is C16H28N2OS. The fourth-order valence-electron chi connectivity index (χ4n) is 4.08. The summed E-state index contributed by atoms with van der Waals surface area (Å²) in [6, 6.07) is 0. The van der Waals surface area contributed by atoms with E-state index in [9.17, 15) is 4.79 Å². The highest BCUT2D eigenvalue weighted by Gasteiger charge is 2.36. The predicted molar refractivity (Wildman–Crippen MR) is 86.4 cm³/mol. The van der Waals surface area contributed by atoms with Crippen molar-refractivity contribution < 1.29 is 4.79 Å². The molecule has 0 spiro atoms. The molecular weight excluding hydrogens is 268 g/mol. The van der Waals surface area contributed by atoms with E-state index in [4.69, 9.17) is 18.0 Å². The molecule has 2 N–H and O–H groups in total. The van der Waals surface area contributed by atoms with E-state index < -0.39 is 0 Å². The average Bonchev–Trinajstić information content (AvgIpc) is 2.45. The molecule has 0 heterocycles. The van der Waals surface area contributed by atoms with Gasteiger partial charge in [0.05, 0.1) is 11.5 Å². The van der Waals surface area contributed by atoms with Gasteiger partial charge in [-0.15, -0.1) is 0 Å². The van der Waals surface area contributed by atoms with Gasteiger partial charge in [-0.05, 0) is 37.5 Å². The van der Waals surface area contributed by atoms with Crippen LogP contribution in [0.15, 0.2) is 0 Å². The summed E-state index contributed by atoms with van der Waals surface area (Å²) >= 11 is 4.98. The van der Waals surface area contributed by atoms with Gasteiger partial charge in [0.2, 0.25) is 5.91 Å². The van der Waals surface area contributed by atoms with E-state index >= 15 is 0 Å². The normalized spacial score (nSPS) is 29.6. The van der Waals surface area contributed by atoms with Crippen molar-refractivity contribution in [1.29, 1.82) is 0 Å². The number of amides is 1. The van der Waals surface area contributed by atoms with Crippen LogP contribution in [0.25, 0.3) is 0 Å². The van der Waals surface area contributed by atoms with Gasteiger partial charge < -0.3 is 10.6 Å². The third kappa shape index (κ3) is 3.94. The van der Waals surface area contributed by atoms with Crippen LogP contribution in [0.3, 0.4) is 0 Å². The van der Waals surface area contributed by atoms with E-state index in [2.05, 4.69) is 6.92 Å². The van der Waals surface area contributed by atoms with Gasteiger partial charge in [-0.25, -0.2) is 0 Å². The Morgan fingerprint density at radius 2 is 1.90 bits per heavy atom. The topological polar surface area (TPSA) is 46.3 Å². The minimum atomic E-state index is 0.218. The van der Waals surface area contributed by atoms with Gasteiger partial charge in [0.25, 0.3) is 0 Å². The molecule has 3 unspecified atom stereocenters. The summed E-state index contributed by atoms with van der Waals surface area (Å²) in [4.78, 5) is 15.0. The lowest BCUT2D eigenvalue weighted by molar-refractivity contribution is -0.137. The Morgan fingerprint density at radius 3 is 2.55 bits per heavy atom. The van der Waals surface area contributed by atoms with Gasteiger partial charge in [-0.1, -0.05) is 44.8 Å². The number of hydrogen-bond donors (Lipinski definition) is 1. The van der Waals surface area contributed by atoms with Crippen LogP contribution in [0.4, 0.5) is 0 Å². The third-order valence-corrected chi connectivity index (χ3v) is 5.17. The molecule has 3 nitrogen and oxygen atoms in total. The number of fused-ring (bicyclic) bond motifs is 1. The quantitative estimate of drug-likeness (QED) is 0.793. The van der Waals surface area contributed by atoms with E-state index in [0.29, 0.717) is 17.4 Å². The molecule has 2 fully saturated rings. The second-order valence-electron chi connectivity index (χ2n) is 6.54. The smallest absolute Gasteiger partial charge is 0.226 e. The van der Waals surface area contributed by atoms with Crippen molar-refractivity contribution in [2.24, 2.45) is 23.5 Å². The average molecular weight is 296 g/mol. The standard InChI is InChI=1S/C16H28N2OS/c1-2-9-18(11-15(17)20)16(19)14-8-7-12-5-3-4-6-13(12)10-14/h12-14H,2-11H2,1H3,(H2,17,20). The van der Waals surface area contributed by atoms with E-state index in [0.717, 1.165) is 37.6 Å². The van der Waals surface area contributed by atoms with Gasteiger partial charge in [0, 0.05) is 12.5 Å². The highest BCUT2D eigenvalue weighted by molar-refractivity contribution is 7.80. The first-order valence-corrected chi connectivity index (χ1v) is 8.59. The lowest BCUT2D eigenvalue weighted by Gasteiger charge is -2.40. The lowest BCUT2D eigenvalue weighted by atomic mass is 9.67. The van der Waals surface area contributed by atoms with E-state index in [1.807, 2.05) is 4.90 Å². The van der Waals surface area contributed by atoms with Gasteiger partial charge in [0.15, 0.2) is 0 Å². The predicted octanol–water partition coefficient (Wildman–Crippen LogP) is 3.12. The van der Waals surface area contributed by atoms with E-state index in [1.165, 1.54) is 32.1 Å². The monoisotopic (exact) mass is 296 g/mol. The summed E-state index contributed by atoms with van der Waals surface area (Å²) in [6.45, 7) is 3.32. The Labute approximate surface area is 128 Å². The molecule has 2 aliphatic carbocycles. The SMILES string of the molecule is CCCN(CC(N)=S)C(=O)C1CCC2CCCCC2C1. The second kappa shape index (κ2) is 7.39. The van der Waals surface area contributed by atoms with Crippen LogP contribution in [-0.4, -0.2) is 28.9 Å². The molecule has 0 saturated heterocycles. The van der Waals surface area contributed by atoms with Crippen molar-refractivity contribution in [1.82, 2.24) is 4.90 Å². The first-order chi connectivity index (χ1) is 9.61. The van der Waals surface area contributed by atoms with Crippen molar-refractivity contribution in [2.75, 3.05) is 13.1 Å². The van der Waals surface area contributed by atoms with Crippen molar-refractivity contribution in [3.05, 3.63) is 0 Å². The number of carbonyl (C=O) groups is 1. The van der Waals surface area contributed by atoms with Gasteiger partial charge in [-0.2, -0.15) is 0 Å². The molecule has 0 aromatic rings. The van der Waals surface area contributed by atoms with Gasteiger partial charge in [0.1, 0.15) is 0 Å². The fraction of sp³-hybridized carbons (Fsp3) is 0.875. The van der Waals surface area contributed by atoms with Crippen LogP contribution < -0.4 is 5.73 Å². The first kappa shape index (κ1) is 15.7. The Bertz CT molecular complexity index is 358. The number of nitrogens with zero attached hydrogens (tertiary/aromatic N) is 1. The molecule has 2 saturated carbocycles. The second-order valence-corrected chi connectivity index (χ2v) is 7.07. The number of carbonyl (C=O) groups excluding carboxylic acids is 1. The van der Waals surface area contributed by atoms with Crippen LogP contribution >= 0.6 is 12.2 Å². The molecule has 2 rings (SSSR count). The maximum absolute atomic E-state index is 12.7. The molecule has 0 aromatic carbocycles. The Hall–Kier alpha value is -0.640. The minimum absolute atomic E-state index is 0.218. The van der Waals surface area contributed by atoms with Gasteiger partial charge >= 0.3 is 0 Å².